The largest absolute Gasteiger partial charge is 0.394 e. The van der Waals surface area contributed by atoms with Gasteiger partial charge in [0.15, 0.2) is 17.5 Å². The summed E-state index contributed by atoms with van der Waals surface area (Å²) < 4.78 is 46.0. The van der Waals surface area contributed by atoms with Gasteiger partial charge >= 0.3 is 0 Å². The zero-order chi connectivity index (χ0) is 23.4. The van der Waals surface area contributed by atoms with Gasteiger partial charge in [-0.1, -0.05) is 29.5 Å². The first-order chi connectivity index (χ1) is 15.2. The van der Waals surface area contributed by atoms with Crippen LogP contribution in [0.1, 0.15) is 11.1 Å². The molecule has 3 rings (SSSR count). The van der Waals surface area contributed by atoms with E-state index in [0.717, 1.165) is 16.7 Å². The molecule has 1 aliphatic heterocycles. The van der Waals surface area contributed by atoms with Gasteiger partial charge in [0.25, 0.3) is 0 Å². The first-order valence-corrected chi connectivity index (χ1v) is 10.4. The summed E-state index contributed by atoms with van der Waals surface area (Å²) in [6.07, 6.45) is -2.73. The van der Waals surface area contributed by atoms with Crippen LogP contribution >= 0.6 is 11.8 Å². The van der Waals surface area contributed by atoms with Gasteiger partial charge in [-0.3, -0.25) is 4.99 Å². The summed E-state index contributed by atoms with van der Waals surface area (Å²) in [5.74, 6) is 0.778. The molecule has 0 aromatic heterocycles. The first-order valence-electron chi connectivity index (χ1n) is 9.57. The molecule has 0 amide bonds. The third-order valence-electron chi connectivity index (χ3n) is 4.91. The Balaban J connectivity index is 1.84. The van der Waals surface area contributed by atoms with E-state index in [4.69, 9.17) is 10.6 Å². The number of halogens is 3. The van der Waals surface area contributed by atoms with Crippen LogP contribution in [0.3, 0.4) is 0 Å². The number of hydrazone groups is 1. The number of hydrogen-bond acceptors (Lipinski definition) is 8. The van der Waals surface area contributed by atoms with E-state index in [0.29, 0.717) is 12.1 Å². The lowest BCUT2D eigenvalue weighted by molar-refractivity contribution is -0.159. The second kappa shape index (κ2) is 10.5. The average molecular weight is 469 g/mol. The van der Waals surface area contributed by atoms with E-state index in [1.165, 1.54) is 11.8 Å². The SMILES string of the molecule is Cc1ccc(S[C@H]2OC(CO)[C@H](O)C(N=CC(=NN)c3cc(F)c(F)c(F)c3)C2O)cc1. The number of nitrogens with zero attached hydrogens (tertiary/aromatic N) is 2. The van der Waals surface area contributed by atoms with Crippen molar-refractivity contribution in [3.63, 3.8) is 0 Å². The van der Waals surface area contributed by atoms with E-state index in [2.05, 4.69) is 10.1 Å². The molecule has 0 spiro atoms. The monoisotopic (exact) mass is 469 g/mol. The smallest absolute Gasteiger partial charge is 0.194 e. The Morgan fingerprint density at radius 2 is 1.75 bits per heavy atom. The second-order valence-electron chi connectivity index (χ2n) is 7.17. The zero-order valence-corrected chi connectivity index (χ0v) is 17.7. The third-order valence-corrected chi connectivity index (χ3v) is 6.08. The van der Waals surface area contributed by atoms with Crippen LogP contribution in [0.15, 0.2) is 51.4 Å². The standard InChI is InChI=1S/C21H22F3N3O4S/c1-10-2-4-12(5-3-10)32-21-20(30)18(19(29)16(9-28)31-21)26-8-15(27-25)11-6-13(22)17(24)14(23)7-11/h2-8,16,18-21,28-30H,9,25H2,1H3/t16?,18?,19-,20?,21+/m0/s1. The summed E-state index contributed by atoms with van der Waals surface area (Å²) in [4.78, 5) is 4.89. The molecular weight excluding hydrogens is 447 g/mol. The van der Waals surface area contributed by atoms with Gasteiger partial charge in [-0.15, -0.1) is 0 Å². The molecule has 0 bridgehead atoms. The van der Waals surface area contributed by atoms with Crippen molar-refractivity contribution in [1.82, 2.24) is 0 Å². The van der Waals surface area contributed by atoms with Gasteiger partial charge in [-0.25, -0.2) is 13.2 Å². The molecule has 0 aliphatic carbocycles. The van der Waals surface area contributed by atoms with E-state index in [-0.39, 0.29) is 11.3 Å². The lowest BCUT2D eigenvalue weighted by atomic mass is 9.98. The molecule has 0 radical (unpaired) electrons. The van der Waals surface area contributed by atoms with Crippen LogP contribution in [-0.4, -0.2) is 63.6 Å². The second-order valence-corrected chi connectivity index (χ2v) is 8.35. The summed E-state index contributed by atoms with van der Waals surface area (Å²) in [5.41, 5.74) is -0.225. The number of hydrogen-bond donors (Lipinski definition) is 4. The van der Waals surface area contributed by atoms with E-state index in [9.17, 15) is 28.5 Å². The van der Waals surface area contributed by atoms with Crippen molar-refractivity contribution in [2.45, 2.75) is 41.6 Å². The predicted octanol–water partition coefficient (Wildman–Crippen LogP) is 1.75. The van der Waals surface area contributed by atoms with Gasteiger partial charge < -0.3 is 25.9 Å². The Morgan fingerprint density at radius 1 is 1.12 bits per heavy atom. The quantitative estimate of drug-likeness (QED) is 0.221. The summed E-state index contributed by atoms with van der Waals surface area (Å²) in [6.45, 7) is 1.40. The fourth-order valence-electron chi connectivity index (χ4n) is 3.13. The van der Waals surface area contributed by atoms with Crippen LogP contribution in [0.2, 0.25) is 0 Å². The van der Waals surface area contributed by atoms with Crippen LogP contribution in [0.5, 0.6) is 0 Å². The molecule has 32 heavy (non-hydrogen) atoms. The Hall–Kier alpha value is -2.44. The van der Waals surface area contributed by atoms with Crippen molar-refractivity contribution in [3.05, 3.63) is 65.0 Å². The fraction of sp³-hybridized carbons (Fsp3) is 0.333. The number of aliphatic imine (C=N–C) groups is 1. The van der Waals surface area contributed by atoms with Crippen LogP contribution in [-0.2, 0) is 4.74 Å². The Labute approximate surface area is 186 Å². The van der Waals surface area contributed by atoms with Gasteiger partial charge in [-0.2, -0.15) is 5.10 Å². The highest BCUT2D eigenvalue weighted by atomic mass is 32.2. The topological polar surface area (TPSA) is 121 Å². The maximum Gasteiger partial charge on any atom is 0.194 e. The molecule has 0 saturated carbocycles. The zero-order valence-electron chi connectivity index (χ0n) is 16.9. The number of ether oxygens (including phenoxy) is 1. The molecule has 1 fully saturated rings. The average Bonchev–Trinajstić information content (AvgIpc) is 2.77. The summed E-state index contributed by atoms with van der Waals surface area (Å²) >= 11 is 1.18. The molecule has 11 heteroatoms. The van der Waals surface area contributed by atoms with Gasteiger partial charge in [0.1, 0.15) is 35.5 Å². The van der Waals surface area contributed by atoms with Crippen molar-refractivity contribution in [2.24, 2.45) is 15.9 Å². The molecular formula is C21H22F3N3O4S. The molecule has 5 atom stereocenters. The van der Waals surface area contributed by atoms with Crippen molar-refractivity contribution < 1.29 is 33.2 Å². The van der Waals surface area contributed by atoms with Gasteiger partial charge in [0.05, 0.1) is 6.61 Å². The first kappa shape index (κ1) is 24.2. The minimum absolute atomic E-state index is 0.187. The summed E-state index contributed by atoms with van der Waals surface area (Å²) in [5, 5.41) is 34.2. The van der Waals surface area contributed by atoms with Crippen molar-refractivity contribution in [3.8, 4) is 0 Å². The molecule has 1 aliphatic rings. The highest BCUT2D eigenvalue weighted by Crippen LogP contribution is 2.34. The highest BCUT2D eigenvalue weighted by Gasteiger charge is 2.44. The minimum atomic E-state index is -1.64. The van der Waals surface area contributed by atoms with Gasteiger partial charge in [0, 0.05) is 16.7 Å². The minimum Gasteiger partial charge on any atom is -0.394 e. The fourth-order valence-corrected chi connectivity index (χ4v) is 4.19. The number of thioether (sulfide) groups is 1. The molecule has 5 N–H and O–H groups in total. The van der Waals surface area contributed by atoms with Crippen molar-refractivity contribution in [1.29, 1.82) is 0 Å². The predicted molar refractivity (Wildman–Crippen MR) is 114 cm³/mol. The molecule has 2 aromatic rings. The Morgan fingerprint density at radius 3 is 2.31 bits per heavy atom. The highest BCUT2D eigenvalue weighted by molar-refractivity contribution is 7.99. The lowest BCUT2D eigenvalue weighted by Gasteiger charge is -2.40. The van der Waals surface area contributed by atoms with E-state index in [1.807, 2.05) is 31.2 Å². The maximum atomic E-state index is 13.6. The number of rotatable bonds is 6. The van der Waals surface area contributed by atoms with E-state index in [1.54, 1.807) is 0 Å². The normalized spacial score (nSPS) is 26.6. The number of aliphatic hydroxyl groups excluding tert-OH is 3. The number of nitrogens with two attached hydrogens (primary N) is 1. The van der Waals surface area contributed by atoms with Gasteiger partial charge in [-0.05, 0) is 31.2 Å². The van der Waals surface area contributed by atoms with Crippen molar-refractivity contribution in [2.75, 3.05) is 6.61 Å². The van der Waals surface area contributed by atoms with Crippen LogP contribution < -0.4 is 5.84 Å². The Bertz CT molecular complexity index is 983. The number of benzene rings is 2. The molecule has 1 heterocycles. The Kier molecular flexibility index (Phi) is 7.91. The van der Waals surface area contributed by atoms with Crippen LogP contribution in [0.4, 0.5) is 13.2 Å². The summed E-state index contributed by atoms with van der Waals surface area (Å²) in [6, 6.07) is 7.66. The van der Waals surface area contributed by atoms with Crippen LogP contribution in [0, 0.1) is 24.4 Å². The molecule has 2 aromatic carbocycles. The number of aliphatic hydroxyl groups is 3. The van der Waals surface area contributed by atoms with Crippen molar-refractivity contribution >= 4 is 23.7 Å². The van der Waals surface area contributed by atoms with E-state index >= 15 is 0 Å². The molecule has 172 valence electrons. The molecule has 1 saturated heterocycles. The lowest BCUT2D eigenvalue weighted by Crippen LogP contribution is -2.56. The van der Waals surface area contributed by atoms with Gasteiger partial charge in [0.2, 0.25) is 0 Å². The van der Waals surface area contributed by atoms with Crippen LogP contribution in [0.25, 0.3) is 0 Å². The maximum absolute atomic E-state index is 13.6. The molecule has 7 nitrogen and oxygen atoms in total. The third kappa shape index (κ3) is 5.30. The number of aryl methyl sites for hydroxylation is 1. The summed E-state index contributed by atoms with van der Waals surface area (Å²) in [7, 11) is 0. The molecule has 3 unspecified atom stereocenters. The van der Waals surface area contributed by atoms with E-state index < -0.39 is 53.8 Å².